The average molecular weight is 263 g/mol. The molecule has 0 saturated heterocycles. The molecule has 0 radical (unpaired) electrons. The number of aromatic nitrogens is 2. The number of carbonyl (C=O) groups excluding carboxylic acids is 1. The number of hydrogen-bond donors (Lipinski definition) is 2. The fourth-order valence-corrected chi connectivity index (χ4v) is 1.25. The van der Waals surface area contributed by atoms with Gasteiger partial charge in [0.15, 0.2) is 5.82 Å². The number of hydrogen-bond acceptors (Lipinski definition) is 6. The molecule has 102 valence electrons. The zero-order valence-corrected chi connectivity index (χ0v) is 11.2. The molecule has 19 heavy (non-hydrogen) atoms. The van der Waals surface area contributed by atoms with E-state index in [9.17, 15) is 4.79 Å². The van der Waals surface area contributed by atoms with E-state index in [0.717, 1.165) is 0 Å². The molecule has 1 heterocycles. The Balaban J connectivity index is 2.89. The standard InChI is InChI=1S/C12H17N5O2/c1-12(2,3)19-11(18)17-10-8(6-14)7-15-9(16-10)4-5-13/h7H,4-5,13H2,1-3H3,(H,15,16,17,18). The van der Waals surface area contributed by atoms with Crippen LogP contribution < -0.4 is 11.1 Å². The van der Waals surface area contributed by atoms with Crippen LogP contribution in [0, 0.1) is 11.3 Å². The van der Waals surface area contributed by atoms with Crippen LogP contribution in [0.4, 0.5) is 10.6 Å². The molecule has 7 heteroatoms. The third-order valence-electron chi connectivity index (χ3n) is 1.95. The van der Waals surface area contributed by atoms with Crippen LogP contribution in [0.25, 0.3) is 0 Å². The third-order valence-corrected chi connectivity index (χ3v) is 1.95. The van der Waals surface area contributed by atoms with Crippen molar-refractivity contribution in [2.75, 3.05) is 11.9 Å². The first kappa shape index (κ1) is 14.9. The summed E-state index contributed by atoms with van der Waals surface area (Å²) in [5, 5.41) is 11.4. The average Bonchev–Trinajstić information content (AvgIpc) is 2.27. The molecule has 0 spiro atoms. The SMILES string of the molecule is CC(C)(C)OC(=O)Nc1nc(CCN)ncc1C#N. The highest BCUT2D eigenvalue weighted by Gasteiger charge is 2.18. The van der Waals surface area contributed by atoms with Gasteiger partial charge in [-0.05, 0) is 27.3 Å². The predicted octanol–water partition coefficient (Wildman–Crippen LogP) is 1.20. The maximum absolute atomic E-state index is 11.6. The van der Waals surface area contributed by atoms with Gasteiger partial charge in [-0.2, -0.15) is 5.26 Å². The molecule has 0 bridgehead atoms. The quantitative estimate of drug-likeness (QED) is 0.846. The van der Waals surface area contributed by atoms with Gasteiger partial charge in [-0.25, -0.2) is 14.8 Å². The second kappa shape index (κ2) is 6.11. The largest absolute Gasteiger partial charge is 0.444 e. The molecule has 1 rings (SSSR count). The Labute approximate surface area is 111 Å². The van der Waals surface area contributed by atoms with E-state index >= 15 is 0 Å². The van der Waals surface area contributed by atoms with Gasteiger partial charge in [0.2, 0.25) is 0 Å². The minimum Gasteiger partial charge on any atom is -0.444 e. The minimum absolute atomic E-state index is 0.134. The highest BCUT2D eigenvalue weighted by molar-refractivity contribution is 5.85. The molecule has 1 amide bonds. The molecule has 1 aromatic rings. The lowest BCUT2D eigenvalue weighted by atomic mass is 10.2. The molecule has 0 saturated carbocycles. The van der Waals surface area contributed by atoms with Crippen LogP contribution in [0.5, 0.6) is 0 Å². The van der Waals surface area contributed by atoms with Crippen LogP contribution in [-0.2, 0) is 11.2 Å². The highest BCUT2D eigenvalue weighted by Crippen LogP contribution is 2.13. The van der Waals surface area contributed by atoms with Crippen molar-refractivity contribution in [3.05, 3.63) is 17.6 Å². The Morgan fingerprint density at radius 2 is 2.26 bits per heavy atom. The van der Waals surface area contributed by atoms with Crippen molar-refractivity contribution >= 4 is 11.9 Å². The zero-order valence-electron chi connectivity index (χ0n) is 11.2. The lowest BCUT2D eigenvalue weighted by Gasteiger charge is -2.19. The van der Waals surface area contributed by atoms with E-state index in [4.69, 9.17) is 15.7 Å². The van der Waals surface area contributed by atoms with E-state index in [1.807, 2.05) is 6.07 Å². The molecule has 7 nitrogen and oxygen atoms in total. The molecule has 0 aromatic carbocycles. The van der Waals surface area contributed by atoms with Crippen molar-refractivity contribution in [3.8, 4) is 6.07 Å². The van der Waals surface area contributed by atoms with Crippen molar-refractivity contribution in [1.82, 2.24) is 9.97 Å². The molecule has 3 N–H and O–H groups in total. The Hall–Kier alpha value is -2.20. The van der Waals surface area contributed by atoms with Crippen LogP contribution in [0.2, 0.25) is 0 Å². The highest BCUT2D eigenvalue weighted by atomic mass is 16.6. The van der Waals surface area contributed by atoms with E-state index in [2.05, 4.69) is 15.3 Å². The molecule has 0 fully saturated rings. The summed E-state index contributed by atoms with van der Waals surface area (Å²) >= 11 is 0. The van der Waals surface area contributed by atoms with Gasteiger partial charge in [-0.3, -0.25) is 5.32 Å². The number of nitrogens with zero attached hydrogens (tertiary/aromatic N) is 3. The van der Waals surface area contributed by atoms with Crippen LogP contribution in [0.1, 0.15) is 32.2 Å². The second-order valence-electron chi connectivity index (χ2n) is 4.83. The smallest absolute Gasteiger partial charge is 0.413 e. The molecule has 0 aliphatic rings. The number of anilines is 1. The van der Waals surface area contributed by atoms with Crippen LogP contribution >= 0.6 is 0 Å². The third kappa shape index (κ3) is 4.89. The van der Waals surface area contributed by atoms with Gasteiger partial charge < -0.3 is 10.5 Å². The van der Waals surface area contributed by atoms with Gasteiger partial charge in [0, 0.05) is 6.42 Å². The molecule has 0 unspecified atom stereocenters. The van der Waals surface area contributed by atoms with E-state index in [1.54, 1.807) is 20.8 Å². The van der Waals surface area contributed by atoms with Gasteiger partial charge in [0.25, 0.3) is 0 Å². The number of nitriles is 1. The number of amides is 1. The molecule has 0 aliphatic heterocycles. The fourth-order valence-electron chi connectivity index (χ4n) is 1.25. The van der Waals surface area contributed by atoms with Crippen molar-refractivity contribution in [2.45, 2.75) is 32.8 Å². The van der Waals surface area contributed by atoms with E-state index in [-0.39, 0.29) is 11.4 Å². The lowest BCUT2D eigenvalue weighted by molar-refractivity contribution is 0.0635. The first-order chi connectivity index (χ1) is 8.85. The summed E-state index contributed by atoms with van der Waals surface area (Å²) in [4.78, 5) is 19.7. The van der Waals surface area contributed by atoms with Gasteiger partial charge in [-0.1, -0.05) is 0 Å². The van der Waals surface area contributed by atoms with Crippen molar-refractivity contribution in [2.24, 2.45) is 5.73 Å². The summed E-state index contributed by atoms with van der Waals surface area (Å²) in [6.45, 7) is 5.63. The summed E-state index contributed by atoms with van der Waals surface area (Å²) in [7, 11) is 0. The van der Waals surface area contributed by atoms with Gasteiger partial charge in [-0.15, -0.1) is 0 Å². The summed E-state index contributed by atoms with van der Waals surface area (Å²) in [5.41, 5.74) is 4.96. The lowest BCUT2D eigenvalue weighted by Crippen LogP contribution is -2.28. The summed E-state index contributed by atoms with van der Waals surface area (Å²) in [5.74, 6) is 0.600. The predicted molar refractivity (Wildman–Crippen MR) is 69.4 cm³/mol. The Morgan fingerprint density at radius 3 is 2.79 bits per heavy atom. The van der Waals surface area contributed by atoms with E-state index < -0.39 is 11.7 Å². The Bertz CT molecular complexity index is 502. The van der Waals surface area contributed by atoms with Crippen molar-refractivity contribution in [3.63, 3.8) is 0 Å². The number of nitrogens with two attached hydrogens (primary N) is 1. The summed E-state index contributed by atoms with van der Waals surface area (Å²) in [6.07, 6.45) is 1.15. The minimum atomic E-state index is -0.665. The first-order valence-corrected chi connectivity index (χ1v) is 5.82. The van der Waals surface area contributed by atoms with E-state index in [0.29, 0.717) is 18.8 Å². The fraction of sp³-hybridized carbons (Fsp3) is 0.500. The molecule has 0 aliphatic carbocycles. The summed E-state index contributed by atoms with van der Waals surface area (Å²) in [6, 6.07) is 1.91. The monoisotopic (exact) mass is 263 g/mol. The Morgan fingerprint density at radius 1 is 1.58 bits per heavy atom. The van der Waals surface area contributed by atoms with E-state index in [1.165, 1.54) is 6.20 Å². The zero-order chi connectivity index (χ0) is 14.5. The normalized spacial score (nSPS) is 10.7. The van der Waals surface area contributed by atoms with Crippen LogP contribution in [-0.4, -0.2) is 28.2 Å². The van der Waals surface area contributed by atoms with Crippen LogP contribution in [0.15, 0.2) is 6.20 Å². The van der Waals surface area contributed by atoms with Gasteiger partial charge in [0.05, 0.1) is 6.20 Å². The number of nitrogens with one attached hydrogen (secondary N) is 1. The van der Waals surface area contributed by atoms with Crippen LogP contribution in [0.3, 0.4) is 0 Å². The second-order valence-corrected chi connectivity index (χ2v) is 4.83. The molecular weight excluding hydrogens is 246 g/mol. The maximum atomic E-state index is 11.6. The van der Waals surface area contributed by atoms with Gasteiger partial charge in [0.1, 0.15) is 23.1 Å². The number of rotatable bonds is 3. The topological polar surface area (TPSA) is 114 Å². The van der Waals surface area contributed by atoms with Gasteiger partial charge >= 0.3 is 6.09 Å². The van der Waals surface area contributed by atoms with Crippen molar-refractivity contribution in [1.29, 1.82) is 5.26 Å². The number of carbonyl (C=O) groups is 1. The maximum Gasteiger partial charge on any atom is 0.413 e. The summed E-state index contributed by atoms with van der Waals surface area (Å²) < 4.78 is 5.10. The first-order valence-electron chi connectivity index (χ1n) is 5.82. The van der Waals surface area contributed by atoms with Crippen molar-refractivity contribution < 1.29 is 9.53 Å². The number of ether oxygens (including phenoxy) is 1. The molecule has 0 atom stereocenters. The molecule has 1 aromatic heterocycles. The molecular formula is C12H17N5O2. The Kier molecular flexibility index (Phi) is 4.78.